The molecule has 5 heteroatoms. The average molecular weight is 236 g/mol. The fourth-order valence-electron chi connectivity index (χ4n) is 1.76. The molecule has 0 radical (unpaired) electrons. The van der Waals surface area contributed by atoms with Crippen LogP contribution in [-0.2, 0) is 0 Å². The lowest BCUT2D eigenvalue weighted by molar-refractivity contribution is 0.417. The summed E-state index contributed by atoms with van der Waals surface area (Å²) >= 11 is 5.93. The largest absolute Gasteiger partial charge is 0.496 e. The predicted molar refractivity (Wildman–Crippen MR) is 65.3 cm³/mol. The van der Waals surface area contributed by atoms with Gasteiger partial charge in [-0.25, -0.2) is 0 Å². The minimum atomic E-state index is -1.53. The van der Waals surface area contributed by atoms with Crippen LogP contribution in [0.25, 0.3) is 10.8 Å². The third kappa shape index (κ3) is 1.87. The van der Waals surface area contributed by atoms with Crippen LogP contribution in [-0.4, -0.2) is 24.3 Å². The number of halogens is 1. The van der Waals surface area contributed by atoms with Crippen LogP contribution in [0.15, 0.2) is 30.3 Å². The highest BCUT2D eigenvalue weighted by molar-refractivity contribution is 6.62. The van der Waals surface area contributed by atoms with E-state index in [1.807, 2.05) is 6.07 Å². The Balaban J connectivity index is 2.84. The van der Waals surface area contributed by atoms with Crippen molar-refractivity contribution in [3.63, 3.8) is 0 Å². The minimum Gasteiger partial charge on any atom is -0.496 e. The molecule has 0 atom stereocenters. The highest BCUT2D eigenvalue weighted by Gasteiger charge is 2.17. The van der Waals surface area contributed by atoms with E-state index in [-0.39, 0.29) is 0 Å². The number of rotatable bonds is 2. The highest BCUT2D eigenvalue weighted by atomic mass is 35.5. The summed E-state index contributed by atoms with van der Waals surface area (Å²) in [7, 11) is -0.00943. The molecule has 0 aromatic heterocycles. The molecule has 0 amide bonds. The number of benzene rings is 2. The average Bonchev–Trinajstić information content (AvgIpc) is 2.26. The highest BCUT2D eigenvalue weighted by Crippen LogP contribution is 2.28. The summed E-state index contributed by atoms with van der Waals surface area (Å²) in [6.07, 6.45) is 0. The van der Waals surface area contributed by atoms with E-state index in [1.54, 1.807) is 24.3 Å². The number of methoxy groups -OCH3 is 1. The molecular weight excluding hydrogens is 226 g/mol. The molecule has 0 unspecified atom stereocenters. The Kier molecular flexibility index (Phi) is 3.05. The molecule has 0 aliphatic heterocycles. The van der Waals surface area contributed by atoms with Gasteiger partial charge >= 0.3 is 7.12 Å². The van der Waals surface area contributed by atoms with Crippen molar-refractivity contribution in [3.05, 3.63) is 35.4 Å². The second-order valence-corrected chi connectivity index (χ2v) is 3.86. The van der Waals surface area contributed by atoms with E-state index >= 15 is 0 Å². The molecule has 2 rings (SSSR count). The van der Waals surface area contributed by atoms with Gasteiger partial charge in [0.05, 0.1) is 7.11 Å². The fraction of sp³-hybridized carbons (Fsp3) is 0.0909. The molecule has 16 heavy (non-hydrogen) atoms. The number of fused-ring (bicyclic) bond motifs is 1. The molecule has 2 aromatic carbocycles. The standard InChI is InChI=1S/C11H10BClO3/c1-16-10-6-8(13)5-7-3-2-4-9(11(7)10)12(14)15/h2-6,14-15H,1H3. The maximum Gasteiger partial charge on any atom is 0.489 e. The zero-order valence-corrected chi connectivity index (χ0v) is 9.40. The van der Waals surface area contributed by atoms with E-state index in [0.717, 1.165) is 5.39 Å². The predicted octanol–water partition coefficient (Wildman–Crippen LogP) is 1.18. The monoisotopic (exact) mass is 236 g/mol. The van der Waals surface area contributed by atoms with Gasteiger partial charge in [-0.3, -0.25) is 0 Å². The van der Waals surface area contributed by atoms with Gasteiger partial charge in [-0.1, -0.05) is 29.8 Å². The van der Waals surface area contributed by atoms with Crippen molar-refractivity contribution in [1.29, 1.82) is 0 Å². The Morgan fingerprint density at radius 3 is 2.62 bits per heavy atom. The lowest BCUT2D eigenvalue weighted by Crippen LogP contribution is -2.30. The van der Waals surface area contributed by atoms with Crippen LogP contribution in [0.5, 0.6) is 5.75 Å². The Labute approximate surface area is 98.4 Å². The van der Waals surface area contributed by atoms with E-state index in [1.165, 1.54) is 7.11 Å². The summed E-state index contributed by atoms with van der Waals surface area (Å²) < 4.78 is 5.19. The Bertz CT molecular complexity index is 528. The van der Waals surface area contributed by atoms with E-state index in [2.05, 4.69) is 0 Å². The van der Waals surface area contributed by atoms with Crippen LogP contribution in [0.3, 0.4) is 0 Å². The van der Waals surface area contributed by atoms with Crippen LogP contribution < -0.4 is 10.2 Å². The normalized spacial score (nSPS) is 10.5. The summed E-state index contributed by atoms with van der Waals surface area (Å²) in [5.41, 5.74) is 0.408. The second kappa shape index (κ2) is 4.33. The van der Waals surface area contributed by atoms with Crippen LogP contribution >= 0.6 is 11.6 Å². The molecule has 2 N–H and O–H groups in total. The minimum absolute atomic E-state index is 0.408. The van der Waals surface area contributed by atoms with Gasteiger partial charge < -0.3 is 14.8 Å². The van der Waals surface area contributed by atoms with Crippen LogP contribution in [0.1, 0.15) is 0 Å². The van der Waals surface area contributed by atoms with Gasteiger partial charge in [0.2, 0.25) is 0 Å². The smallest absolute Gasteiger partial charge is 0.489 e. The first kappa shape index (κ1) is 11.3. The molecule has 0 bridgehead atoms. The molecule has 82 valence electrons. The fourth-order valence-corrected chi connectivity index (χ4v) is 1.97. The molecule has 0 heterocycles. The van der Waals surface area contributed by atoms with E-state index in [9.17, 15) is 10.0 Å². The second-order valence-electron chi connectivity index (χ2n) is 3.43. The van der Waals surface area contributed by atoms with Gasteiger partial charge in [-0.15, -0.1) is 0 Å². The Morgan fingerprint density at radius 1 is 1.25 bits per heavy atom. The Hall–Kier alpha value is -1.23. The van der Waals surface area contributed by atoms with Gasteiger partial charge in [0.15, 0.2) is 0 Å². The van der Waals surface area contributed by atoms with Crippen molar-refractivity contribution < 1.29 is 14.8 Å². The molecular formula is C11H10BClO3. The van der Waals surface area contributed by atoms with Crippen LogP contribution in [0.2, 0.25) is 5.02 Å². The summed E-state index contributed by atoms with van der Waals surface area (Å²) in [6, 6.07) is 8.63. The van der Waals surface area contributed by atoms with Crippen molar-refractivity contribution >= 4 is 35.0 Å². The van der Waals surface area contributed by atoms with Gasteiger partial charge in [0.1, 0.15) is 5.75 Å². The third-order valence-corrected chi connectivity index (χ3v) is 2.65. The quantitative estimate of drug-likeness (QED) is 0.770. The van der Waals surface area contributed by atoms with E-state index in [0.29, 0.717) is 21.6 Å². The zero-order valence-electron chi connectivity index (χ0n) is 8.64. The lowest BCUT2D eigenvalue weighted by Gasteiger charge is -2.10. The van der Waals surface area contributed by atoms with Crippen molar-refractivity contribution in [3.8, 4) is 5.75 Å². The van der Waals surface area contributed by atoms with Gasteiger partial charge in [-0.05, 0) is 23.0 Å². The molecule has 0 aliphatic carbocycles. The van der Waals surface area contributed by atoms with Crippen molar-refractivity contribution in [1.82, 2.24) is 0 Å². The first-order valence-corrected chi connectivity index (χ1v) is 5.13. The molecule has 3 nitrogen and oxygen atoms in total. The number of hydrogen-bond acceptors (Lipinski definition) is 3. The molecule has 0 spiro atoms. The maximum absolute atomic E-state index is 9.28. The SMILES string of the molecule is COc1cc(Cl)cc2cccc(B(O)O)c12. The van der Waals surface area contributed by atoms with Gasteiger partial charge in [0, 0.05) is 10.4 Å². The topological polar surface area (TPSA) is 49.7 Å². The lowest BCUT2D eigenvalue weighted by atomic mass is 9.77. The molecule has 2 aromatic rings. The zero-order chi connectivity index (χ0) is 11.7. The summed E-state index contributed by atoms with van der Waals surface area (Å²) in [6.45, 7) is 0. The van der Waals surface area contributed by atoms with Crippen molar-refractivity contribution in [2.75, 3.05) is 7.11 Å². The summed E-state index contributed by atoms with van der Waals surface area (Å²) in [5.74, 6) is 0.534. The first-order valence-electron chi connectivity index (χ1n) is 4.76. The first-order chi connectivity index (χ1) is 7.63. The van der Waals surface area contributed by atoms with E-state index in [4.69, 9.17) is 16.3 Å². The third-order valence-electron chi connectivity index (χ3n) is 2.44. The number of ether oxygens (including phenoxy) is 1. The van der Waals surface area contributed by atoms with Crippen LogP contribution in [0.4, 0.5) is 0 Å². The number of hydrogen-bond donors (Lipinski definition) is 2. The van der Waals surface area contributed by atoms with Crippen molar-refractivity contribution in [2.45, 2.75) is 0 Å². The van der Waals surface area contributed by atoms with Crippen LogP contribution in [0, 0.1) is 0 Å². The van der Waals surface area contributed by atoms with Gasteiger partial charge in [-0.2, -0.15) is 0 Å². The maximum atomic E-state index is 9.28. The van der Waals surface area contributed by atoms with Gasteiger partial charge in [0.25, 0.3) is 0 Å². The molecule has 0 fully saturated rings. The summed E-state index contributed by atoms with van der Waals surface area (Å²) in [5, 5.41) is 20.6. The summed E-state index contributed by atoms with van der Waals surface area (Å²) in [4.78, 5) is 0. The molecule has 0 saturated carbocycles. The Morgan fingerprint density at radius 2 is 2.00 bits per heavy atom. The molecule has 0 aliphatic rings. The van der Waals surface area contributed by atoms with Crippen molar-refractivity contribution in [2.24, 2.45) is 0 Å². The molecule has 0 saturated heterocycles. The van der Waals surface area contributed by atoms with E-state index < -0.39 is 7.12 Å².